The number of hydrogen-bond acceptors (Lipinski definition) is 2. The molecule has 2 aromatic rings. The van der Waals surface area contributed by atoms with Crippen molar-refractivity contribution in [1.82, 2.24) is 0 Å². The van der Waals surface area contributed by atoms with Crippen molar-refractivity contribution in [3.8, 4) is 11.5 Å². The zero-order valence-electron chi connectivity index (χ0n) is 8.88. The SMILES string of the molecule is Nc1cc(Br)c(F)cc1Oc1cc(Br)ccc1F. The Morgan fingerprint density at radius 3 is 2.39 bits per heavy atom. The Hall–Kier alpha value is -1.14. The molecule has 0 aliphatic heterocycles. The van der Waals surface area contributed by atoms with Gasteiger partial charge in [0.25, 0.3) is 0 Å². The minimum Gasteiger partial charge on any atom is -0.452 e. The number of hydrogen-bond donors (Lipinski definition) is 1. The zero-order valence-corrected chi connectivity index (χ0v) is 12.1. The van der Waals surface area contributed by atoms with Gasteiger partial charge in [-0.2, -0.15) is 0 Å². The summed E-state index contributed by atoms with van der Waals surface area (Å²) < 4.78 is 33.0. The molecule has 0 saturated heterocycles. The summed E-state index contributed by atoms with van der Waals surface area (Å²) >= 11 is 6.19. The molecule has 0 aliphatic rings. The molecule has 0 atom stereocenters. The van der Waals surface area contributed by atoms with Gasteiger partial charge in [0.15, 0.2) is 17.3 Å². The van der Waals surface area contributed by atoms with Crippen LogP contribution in [0.25, 0.3) is 0 Å². The van der Waals surface area contributed by atoms with Gasteiger partial charge in [0.1, 0.15) is 5.82 Å². The lowest BCUT2D eigenvalue weighted by molar-refractivity contribution is 0.440. The first kappa shape index (κ1) is 13.3. The number of ether oxygens (including phenoxy) is 1. The van der Waals surface area contributed by atoms with Crippen molar-refractivity contribution in [2.45, 2.75) is 0 Å². The van der Waals surface area contributed by atoms with Gasteiger partial charge in [-0.1, -0.05) is 15.9 Å². The summed E-state index contributed by atoms with van der Waals surface area (Å²) in [5.74, 6) is -1.05. The van der Waals surface area contributed by atoms with Crippen LogP contribution in [0.2, 0.25) is 0 Å². The highest BCUT2D eigenvalue weighted by Gasteiger charge is 2.11. The number of nitrogens with two attached hydrogens (primary N) is 1. The molecule has 0 fully saturated rings. The lowest BCUT2D eigenvalue weighted by atomic mass is 10.3. The second-order valence-electron chi connectivity index (χ2n) is 3.48. The van der Waals surface area contributed by atoms with Crippen molar-refractivity contribution < 1.29 is 13.5 Å². The number of benzene rings is 2. The van der Waals surface area contributed by atoms with Crippen LogP contribution in [0, 0.1) is 11.6 Å². The quantitative estimate of drug-likeness (QED) is 0.757. The highest BCUT2D eigenvalue weighted by molar-refractivity contribution is 9.10. The smallest absolute Gasteiger partial charge is 0.165 e. The predicted molar refractivity (Wildman–Crippen MR) is 72.7 cm³/mol. The van der Waals surface area contributed by atoms with Crippen LogP contribution in [0.1, 0.15) is 0 Å². The molecule has 6 heteroatoms. The summed E-state index contributed by atoms with van der Waals surface area (Å²) in [6, 6.07) is 6.67. The molecule has 0 amide bonds. The van der Waals surface area contributed by atoms with E-state index in [1.807, 2.05) is 0 Å². The Labute approximate surface area is 119 Å². The molecule has 0 spiro atoms. The van der Waals surface area contributed by atoms with E-state index in [4.69, 9.17) is 10.5 Å². The summed E-state index contributed by atoms with van der Waals surface area (Å²) in [5.41, 5.74) is 5.88. The Bertz CT molecular complexity index is 605. The van der Waals surface area contributed by atoms with Gasteiger partial charge in [0, 0.05) is 10.5 Å². The van der Waals surface area contributed by atoms with Crippen LogP contribution in [0.5, 0.6) is 11.5 Å². The van der Waals surface area contributed by atoms with E-state index in [9.17, 15) is 8.78 Å². The summed E-state index contributed by atoms with van der Waals surface area (Å²) in [7, 11) is 0. The van der Waals surface area contributed by atoms with E-state index in [0.29, 0.717) is 4.47 Å². The van der Waals surface area contributed by atoms with Crippen LogP contribution >= 0.6 is 31.9 Å². The fourth-order valence-electron chi connectivity index (χ4n) is 1.31. The van der Waals surface area contributed by atoms with E-state index in [2.05, 4.69) is 31.9 Å². The fourth-order valence-corrected chi connectivity index (χ4v) is 2.01. The molecule has 2 aromatic carbocycles. The van der Waals surface area contributed by atoms with Crippen molar-refractivity contribution in [3.05, 3.63) is 50.9 Å². The highest BCUT2D eigenvalue weighted by Crippen LogP contribution is 2.34. The van der Waals surface area contributed by atoms with Crippen molar-refractivity contribution in [3.63, 3.8) is 0 Å². The summed E-state index contributed by atoms with van der Waals surface area (Å²) in [6.07, 6.45) is 0. The molecule has 0 bridgehead atoms. The molecule has 0 unspecified atom stereocenters. The van der Waals surface area contributed by atoms with Crippen molar-refractivity contribution >= 4 is 37.5 Å². The van der Waals surface area contributed by atoms with Gasteiger partial charge in [-0.15, -0.1) is 0 Å². The third kappa shape index (κ3) is 2.81. The van der Waals surface area contributed by atoms with Gasteiger partial charge >= 0.3 is 0 Å². The lowest BCUT2D eigenvalue weighted by Crippen LogP contribution is -1.95. The van der Waals surface area contributed by atoms with E-state index in [0.717, 1.165) is 6.07 Å². The molecule has 94 valence electrons. The molecular weight excluding hydrogens is 372 g/mol. The molecule has 0 aliphatic carbocycles. The van der Waals surface area contributed by atoms with Crippen LogP contribution in [0.4, 0.5) is 14.5 Å². The maximum absolute atomic E-state index is 13.5. The summed E-state index contributed by atoms with van der Waals surface area (Å²) in [6.45, 7) is 0. The van der Waals surface area contributed by atoms with Gasteiger partial charge < -0.3 is 10.5 Å². The van der Waals surface area contributed by atoms with Crippen LogP contribution in [0.3, 0.4) is 0 Å². The van der Waals surface area contributed by atoms with Crippen molar-refractivity contribution in [2.75, 3.05) is 5.73 Å². The number of nitrogen functional groups attached to an aromatic ring is 1. The molecule has 18 heavy (non-hydrogen) atoms. The monoisotopic (exact) mass is 377 g/mol. The van der Waals surface area contributed by atoms with Gasteiger partial charge in [0.05, 0.1) is 10.2 Å². The molecule has 0 aromatic heterocycles. The minimum atomic E-state index is -0.555. The molecule has 0 radical (unpaired) electrons. The minimum absolute atomic E-state index is 0.0298. The Balaban J connectivity index is 2.40. The van der Waals surface area contributed by atoms with E-state index in [1.54, 1.807) is 0 Å². The molecule has 0 heterocycles. The second kappa shape index (κ2) is 5.24. The Morgan fingerprint density at radius 1 is 0.944 bits per heavy atom. The maximum Gasteiger partial charge on any atom is 0.165 e. The molecule has 0 saturated carbocycles. The van der Waals surface area contributed by atoms with Gasteiger partial charge in [-0.05, 0) is 40.2 Å². The molecule has 2 rings (SSSR count). The van der Waals surface area contributed by atoms with Crippen molar-refractivity contribution in [1.29, 1.82) is 0 Å². The number of halogens is 4. The lowest BCUT2D eigenvalue weighted by Gasteiger charge is -2.10. The van der Waals surface area contributed by atoms with E-state index in [-0.39, 0.29) is 21.7 Å². The second-order valence-corrected chi connectivity index (χ2v) is 5.25. The molecule has 2 nitrogen and oxygen atoms in total. The van der Waals surface area contributed by atoms with E-state index < -0.39 is 11.6 Å². The first-order valence-electron chi connectivity index (χ1n) is 4.85. The largest absolute Gasteiger partial charge is 0.452 e. The third-order valence-electron chi connectivity index (χ3n) is 2.17. The summed E-state index contributed by atoms with van der Waals surface area (Å²) in [4.78, 5) is 0. The topological polar surface area (TPSA) is 35.2 Å². The average Bonchev–Trinajstić information content (AvgIpc) is 2.30. The molecular formula is C12H7Br2F2NO. The van der Waals surface area contributed by atoms with E-state index >= 15 is 0 Å². The predicted octanol–water partition coefficient (Wildman–Crippen LogP) is 4.86. The van der Waals surface area contributed by atoms with E-state index in [1.165, 1.54) is 24.3 Å². The summed E-state index contributed by atoms with van der Waals surface area (Å²) in [5, 5.41) is 0. The first-order valence-corrected chi connectivity index (χ1v) is 6.43. The van der Waals surface area contributed by atoms with Crippen LogP contribution in [-0.4, -0.2) is 0 Å². The standard InChI is InChI=1S/C12H7Br2F2NO/c13-6-1-2-8(15)11(3-6)18-12-5-9(16)7(14)4-10(12)17/h1-5H,17H2. The van der Waals surface area contributed by atoms with Crippen molar-refractivity contribution in [2.24, 2.45) is 0 Å². The normalized spacial score (nSPS) is 10.4. The number of anilines is 1. The Morgan fingerprint density at radius 2 is 1.67 bits per heavy atom. The van der Waals surface area contributed by atoms with Crippen LogP contribution in [0.15, 0.2) is 39.3 Å². The zero-order chi connectivity index (χ0) is 13.3. The third-order valence-corrected chi connectivity index (χ3v) is 3.27. The van der Waals surface area contributed by atoms with Gasteiger partial charge in [-0.3, -0.25) is 0 Å². The highest BCUT2D eigenvalue weighted by atomic mass is 79.9. The molecule has 2 N–H and O–H groups in total. The fraction of sp³-hybridized carbons (Fsp3) is 0. The maximum atomic E-state index is 13.5. The van der Waals surface area contributed by atoms with Crippen LogP contribution < -0.4 is 10.5 Å². The number of rotatable bonds is 2. The first-order chi connectivity index (χ1) is 8.47. The van der Waals surface area contributed by atoms with Gasteiger partial charge in [0.2, 0.25) is 0 Å². The average molecular weight is 379 g/mol. The van der Waals surface area contributed by atoms with Gasteiger partial charge in [-0.25, -0.2) is 8.78 Å². The van der Waals surface area contributed by atoms with Crippen LogP contribution in [-0.2, 0) is 0 Å². The Kier molecular flexibility index (Phi) is 3.87.